The molecule has 0 spiro atoms. The number of aromatic nitrogens is 1. The molecule has 2 aromatic rings. The van der Waals surface area contributed by atoms with Crippen LogP contribution in [0.15, 0.2) is 41.5 Å². The van der Waals surface area contributed by atoms with E-state index in [1.54, 1.807) is 7.05 Å². The molecular formula is C21H30N4O2. The van der Waals surface area contributed by atoms with Crippen LogP contribution in [0.25, 0.3) is 0 Å². The summed E-state index contributed by atoms with van der Waals surface area (Å²) < 4.78 is 11.3. The van der Waals surface area contributed by atoms with Crippen LogP contribution in [0, 0.1) is 6.92 Å². The Morgan fingerprint density at radius 2 is 1.93 bits per heavy atom. The zero-order valence-corrected chi connectivity index (χ0v) is 16.9. The molecule has 0 aliphatic carbocycles. The van der Waals surface area contributed by atoms with E-state index in [4.69, 9.17) is 9.47 Å². The molecule has 1 aromatic carbocycles. The van der Waals surface area contributed by atoms with Crippen LogP contribution in [0.4, 0.5) is 0 Å². The van der Waals surface area contributed by atoms with E-state index in [0.717, 1.165) is 22.8 Å². The third-order valence-corrected chi connectivity index (χ3v) is 3.81. The van der Waals surface area contributed by atoms with Crippen molar-refractivity contribution in [3.8, 4) is 11.6 Å². The lowest BCUT2D eigenvalue weighted by Gasteiger charge is -2.15. The molecule has 2 N–H and O–H groups in total. The van der Waals surface area contributed by atoms with Gasteiger partial charge >= 0.3 is 0 Å². The summed E-state index contributed by atoms with van der Waals surface area (Å²) in [7, 11) is 1.76. The number of pyridine rings is 1. The maximum Gasteiger partial charge on any atom is 0.213 e. The summed E-state index contributed by atoms with van der Waals surface area (Å²) in [5.41, 5.74) is 3.34. The SMILES string of the molecule is CCOc1cc(C)ccc1CNC(=NC)NCc1ccc(OC(C)C)nc1. The van der Waals surface area contributed by atoms with Crippen molar-refractivity contribution in [3.63, 3.8) is 0 Å². The molecule has 2 rings (SSSR count). The number of nitrogens with one attached hydrogen (secondary N) is 2. The Hall–Kier alpha value is -2.76. The second-order valence-electron chi connectivity index (χ2n) is 6.49. The van der Waals surface area contributed by atoms with Crippen molar-refractivity contribution in [2.45, 2.75) is 46.9 Å². The van der Waals surface area contributed by atoms with Gasteiger partial charge in [0.25, 0.3) is 0 Å². The number of aryl methyl sites for hydroxylation is 1. The van der Waals surface area contributed by atoms with Crippen molar-refractivity contribution >= 4 is 5.96 Å². The standard InChI is InChI=1S/C21H30N4O2/c1-6-26-19-11-16(4)7-9-18(19)14-25-21(22-5)24-13-17-8-10-20(23-12-17)27-15(2)3/h7-12,15H,6,13-14H2,1-5H3,(H2,22,24,25). The van der Waals surface area contributed by atoms with Crippen LogP contribution in [-0.2, 0) is 13.1 Å². The number of benzene rings is 1. The van der Waals surface area contributed by atoms with Crippen molar-refractivity contribution in [2.24, 2.45) is 4.99 Å². The lowest BCUT2D eigenvalue weighted by molar-refractivity contribution is 0.232. The van der Waals surface area contributed by atoms with Gasteiger partial charge in [-0.25, -0.2) is 4.98 Å². The molecule has 0 saturated heterocycles. The monoisotopic (exact) mass is 370 g/mol. The molecule has 1 aromatic heterocycles. The van der Waals surface area contributed by atoms with Gasteiger partial charge in [-0.15, -0.1) is 0 Å². The van der Waals surface area contributed by atoms with Gasteiger partial charge in [-0.2, -0.15) is 0 Å². The summed E-state index contributed by atoms with van der Waals surface area (Å²) >= 11 is 0. The van der Waals surface area contributed by atoms with Gasteiger partial charge in [0.15, 0.2) is 5.96 Å². The van der Waals surface area contributed by atoms with Crippen LogP contribution in [0.2, 0.25) is 0 Å². The normalized spacial score (nSPS) is 11.4. The number of nitrogens with zero attached hydrogens (tertiary/aromatic N) is 2. The third kappa shape index (κ3) is 6.81. The highest BCUT2D eigenvalue weighted by molar-refractivity contribution is 5.79. The molecule has 0 atom stereocenters. The summed E-state index contributed by atoms with van der Waals surface area (Å²) in [5.74, 6) is 2.27. The van der Waals surface area contributed by atoms with Crippen LogP contribution in [-0.4, -0.2) is 30.7 Å². The highest BCUT2D eigenvalue weighted by Crippen LogP contribution is 2.20. The van der Waals surface area contributed by atoms with Crippen LogP contribution >= 0.6 is 0 Å². The zero-order valence-electron chi connectivity index (χ0n) is 16.9. The summed E-state index contributed by atoms with van der Waals surface area (Å²) in [4.78, 5) is 8.59. The van der Waals surface area contributed by atoms with E-state index in [9.17, 15) is 0 Å². The van der Waals surface area contributed by atoms with Crippen molar-refractivity contribution in [1.29, 1.82) is 0 Å². The van der Waals surface area contributed by atoms with E-state index in [1.165, 1.54) is 5.56 Å². The summed E-state index contributed by atoms with van der Waals surface area (Å²) in [6.45, 7) is 9.93. The number of aliphatic imine (C=N–C) groups is 1. The fourth-order valence-corrected chi connectivity index (χ4v) is 2.51. The van der Waals surface area contributed by atoms with Crippen molar-refractivity contribution in [1.82, 2.24) is 15.6 Å². The topological polar surface area (TPSA) is 67.8 Å². The molecule has 27 heavy (non-hydrogen) atoms. The Morgan fingerprint density at radius 1 is 1.15 bits per heavy atom. The molecule has 0 aliphatic heterocycles. The van der Waals surface area contributed by atoms with Gasteiger partial charge in [-0.3, -0.25) is 4.99 Å². The smallest absolute Gasteiger partial charge is 0.213 e. The van der Waals surface area contributed by atoms with Crippen LogP contribution in [0.5, 0.6) is 11.6 Å². The van der Waals surface area contributed by atoms with Crippen molar-refractivity contribution in [3.05, 3.63) is 53.2 Å². The lowest BCUT2D eigenvalue weighted by atomic mass is 10.1. The van der Waals surface area contributed by atoms with E-state index in [0.29, 0.717) is 25.6 Å². The van der Waals surface area contributed by atoms with E-state index in [2.05, 4.69) is 45.7 Å². The first-order valence-corrected chi connectivity index (χ1v) is 9.30. The number of ether oxygens (including phenoxy) is 2. The van der Waals surface area contributed by atoms with E-state index >= 15 is 0 Å². The average Bonchev–Trinajstić information content (AvgIpc) is 2.64. The molecule has 6 nitrogen and oxygen atoms in total. The predicted molar refractivity (Wildman–Crippen MR) is 109 cm³/mol. The van der Waals surface area contributed by atoms with E-state index in [-0.39, 0.29) is 6.10 Å². The van der Waals surface area contributed by atoms with Crippen LogP contribution in [0.3, 0.4) is 0 Å². The minimum absolute atomic E-state index is 0.118. The molecule has 0 aliphatic rings. The minimum atomic E-state index is 0.118. The third-order valence-electron chi connectivity index (χ3n) is 3.81. The first-order valence-electron chi connectivity index (χ1n) is 9.30. The van der Waals surface area contributed by atoms with E-state index < -0.39 is 0 Å². The number of guanidine groups is 1. The Labute approximate surface area is 162 Å². The first-order chi connectivity index (χ1) is 13.0. The largest absolute Gasteiger partial charge is 0.494 e. The number of rotatable bonds is 8. The van der Waals surface area contributed by atoms with Crippen LogP contribution in [0.1, 0.15) is 37.5 Å². The van der Waals surface area contributed by atoms with Gasteiger partial charge in [0.1, 0.15) is 5.75 Å². The van der Waals surface area contributed by atoms with E-state index in [1.807, 2.05) is 39.1 Å². The van der Waals surface area contributed by atoms with Gasteiger partial charge in [-0.05, 0) is 44.9 Å². The lowest BCUT2D eigenvalue weighted by Crippen LogP contribution is -2.36. The van der Waals surface area contributed by atoms with Gasteiger partial charge in [0, 0.05) is 38.0 Å². The second-order valence-corrected chi connectivity index (χ2v) is 6.49. The molecule has 0 radical (unpaired) electrons. The Balaban J connectivity index is 1.89. The van der Waals surface area contributed by atoms with Gasteiger partial charge < -0.3 is 20.1 Å². The highest BCUT2D eigenvalue weighted by Gasteiger charge is 2.06. The maximum absolute atomic E-state index is 5.73. The second kappa shape index (κ2) is 10.4. The Bertz CT molecular complexity index is 742. The summed E-state index contributed by atoms with van der Waals surface area (Å²) in [5, 5.41) is 6.62. The first kappa shape index (κ1) is 20.6. The summed E-state index contributed by atoms with van der Waals surface area (Å²) in [6.07, 6.45) is 1.93. The molecule has 0 amide bonds. The van der Waals surface area contributed by atoms with Gasteiger partial charge in [-0.1, -0.05) is 18.2 Å². The maximum atomic E-state index is 5.73. The zero-order chi connectivity index (χ0) is 19.6. The van der Waals surface area contributed by atoms with Crippen LogP contribution < -0.4 is 20.1 Å². The van der Waals surface area contributed by atoms with Crippen molar-refractivity contribution < 1.29 is 9.47 Å². The number of hydrogen-bond acceptors (Lipinski definition) is 4. The summed E-state index contributed by atoms with van der Waals surface area (Å²) in [6, 6.07) is 10.1. The highest BCUT2D eigenvalue weighted by atomic mass is 16.5. The quantitative estimate of drug-likeness (QED) is 0.550. The average molecular weight is 370 g/mol. The fraction of sp³-hybridized carbons (Fsp3) is 0.429. The molecular weight excluding hydrogens is 340 g/mol. The predicted octanol–water partition coefficient (Wildman–Crippen LogP) is 3.44. The molecule has 0 unspecified atom stereocenters. The molecule has 0 bridgehead atoms. The molecule has 0 saturated carbocycles. The molecule has 0 fully saturated rings. The molecule has 146 valence electrons. The minimum Gasteiger partial charge on any atom is -0.494 e. The van der Waals surface area contributed by atoms with Gasteiger partial charge in [0.2, 0.25) is 5.88 Å². The fourth-order valence-electron chi connectivity index (χ4n) is 2.51. The molecule has 1 heterocycles. The van der Waals surface area contributed by atoms with Gasteiger partial charge in [0.05, 0.1) is 12.7 Å². The Kier molecular flexibility index (Phi) is 7.92. The number of hydrogen-bond donors (Lipinski definition) is 2. The Morgan fingerprint density at radius 3 is 2.56 bits per heavy atom. The van der Waals surface area contributed by atoms with Crippen molar-refractivity contribution in [2.75, 3.05) is 13.7 Å². The molecule has 6 heteroatoms.